The number of carbonyl (C=O) groups excluding carboxylic acids is 3. The molecule has 4 amide bonds. The predicted octanol–water partition coefficient (Wildman–Crippen LogP) is 4.19. The molecule has 0 spiro atoms. The van der Waals surface area contributed by atoms with Gasteiger partial charge in [0, 0.05) is 43.6 Å². The molecule has 0 aromatic heterocycles. The van der Waals surface area contributed by atoms with Crippen molar-refractivity contribution in [2.24, 2.45) is 0 Å². The molecule has 194 valence electrons. The first-order chi connectivity index (χ1) is 17.6. The van der Waals surface area contributed by atoms with Gasteiger partial charge in [-0.25, -0.2) is 4.79 Å². The lowest BCUT2D eigenvalue weighted by Crippen LogP contribution is -2.45. The van der Waals surface area contributed by atoms with Gasteiger partial charge in [-0.2, -0.15) is 13.2 Å². The van der Waals surface area contributed by atoms with Crippen LogP contribution in [-0.2, 0) is 28.8 Å². The molecule has 37 heavy (non-hydrogen) atoms. The average molecular weight is 515 g/mol. The Hall–Kier alpha value is -3.86. The summed E-state index contributed by atoms with van der Waals surface area (Å²) in [5.41, 5.74) is 2.42. The fourth-order valence-corrected chi connectivity index (χ4v) is 5.22. The fourth-order valence-electron chi connectivity index (χ4n) is 5.22. The van der Waals surface area contributed by atoms with Gasteiger partial charge >= 0.3 is 12.2 Å². The normalized spacial score (nSPS) is 21.1. The van der Waals surface area contributed by atoms with E-state index in [1.165, 1.54) is 18.1 Å². The molecule has 0 saturated carbocycles. The lowest BCUT2D eigenvalue weighted by Gasteiger charge is -2.32. The number of halogens is 3. The van der Waals surface area contributed by atoms with Gasteiger partial charge < -0.3 is 25.2 Å². The van der Waals surface area contributed by atoms with E-state index in [1.54, 1.807) is 23.1 Å². The van der Waals surface area contributed by atoms with Gasteiger partial charge in [-0.3, -0.25) is 9.59 Å². The quantitative estimate of drug-likeness (QED) is 0.640. The van der Waals surface area contributed by atoms with Crippen LogP contribution in [-0.4, -0.2) is 47.4 Å². The first kappa shape index (κ1) is 24.8. The monoisotopic (exact) mass is 514 g/mol. The van der Waals surface area contributed by atoms with Crippen LogP contribution in [0.25, 0.3) is 0 Å². The van der Waals surface area contributed by atoms with E-state index < -0.39 is 23.8 Å². The maximum atomic E-state index is 13.3. The second kappa shape index (κ2) is 9.22. The van der Waals surface area contributed by atoms with Crippen molar-refractivity contribution >= 4 is 23.5 Å². The number of anilines is 1. The highest BCUT2D eigenvalue weighted by Crippen LogP contribution is 2.39. The summed E-state index contributed by atoms with van der Waals surface area (Å²) < 4.78 is 45.0. The van der Waals surface area contributed by atoms with Gasteiger partial charge in [-0.1, -0.05) is 12.6 Å². The summed E-state index contributed by atoms with van der Waals surface area (Å²) in [4.78, 5) is 40.9. The summed E-state index contributed by atoms with van der Waals surface area (Å²) in [6.45, 7) is 4.37. The topological polar surface area (TPSA) is 91.0 Å². The molecule has 1 saturated heterocycles. The average Bonchev–Trinajstić information content (AvgIpc) is 3.36. The number of methoxy groups -OCH3 is 1. The van der Waals surface area contributed by atoms with Crippen molar-refractivity contribution in [2.45, 2.75) is 44.2 Å². The molecule has 5 rings (SSSR count). The molecule has 0 bridgehead atoms. The number of hydrogen-bond donors (Lipinski definition) is 2. The van der Waals surface area contributed by atoms with E-state index in [4.69, 9.17) is 4.74 Å². The molecule has 8 nitrogen and oxygen atoms in total. The Morgan fingerprint density at radius 2 is 1.95 bits per heavy atom. The van der Waals surface area contributed by atoms with Gasteiger partial charge in [-0.15, -0.1) is 0 Å². The highest BCUT2D eigenvalue weighted by Gasteiger charge is 2.39. The molecule has 2 atom stereocenters. The second-order valence-corrected chi connectivity index (χ2v) is 9.37. The number of fused-ring (bicyclic) bond motifs is 2. The molecular formula is C26H25F3N4O4. The molecule has 2 N–H and O–H groups in total. The zero-order valence-electron chi connectivity index (χ0n) is 20.0. The van der Waals surface area contributed by atoms with Gasteiger partial charge in [-0.05, 0) is 53.4 Å². The van der Waals surface area contributed by atoms with E-state index in [1.807, 2.05) is 0 Å². The van der Waals surface area contributed by atoms with Crippen molar-refractivity contribution in [3.05, 3.63) is 76.5 Å². The van der Waals surface area contributed by atoms with Crippen molar-refractivity contribution in [3.8, 4) is 0 Å². The van der Waals surface area contributed by atoms with E-state index in [9.17, 15) is 27.6 Å². The van der Waals surface area contributed by atoms with E-state index in [0.29, 0.717) is 47.5 Å². The Morgan fingerprint density at radius 3 is 2.65 bits per heavy atom. The Bertz CT molecular complexity index is 1310. The number of benzene rings is 2. The maximum Gasteiger partial charge on any atom is 0.416 e. The van der Waals surface area contributed by atoms with Crippen molar-refractivity contribution in [1.82, 2.24) is 15.1 Å². The summed E-state index contributed by atoms with van der Waals surface area (Å²) in [6, 6.07) is 6.97. The minimum Gasteiger partial charge on any atom is -0.382 e. The second-order valence-electron chi connectivity index (χ2n) is 9.37. The standard InChI is InChI=1S/C26H25F3N4O4/c1-14-21(7-8-23(34)30-14)32-12-16-9-18(5-6-19(16)24(32)35)31-25(36)33-11-15-3-4-17(26(27,28)29)10-20(15)22(33)13-37-2/h3-6,9-10,21-22H,1,7-8,11-13H2,2H3,(H,30,34)(H,31,36). The third-order valence-electron chi connectivity index (χ3n) is 7.05. The van der Waals surface area contributed by atoms with E-state index in [0.717, 1.165) is 17.7 Å². The molecule has 2 aromatic rings. The van der Waals surface area contributed by atoms with Crippen LogP contribution in [0.3, 0.4) is 0 Å². The first-order valence-corrected chi connectivity index (χ1v) is 11.8. The molecular weight excluding hydrogens is 489 g/mol. The van der Waals surface area contributed by atoms with Gasteiger partial charge in [0.15, 0.2) is 0 Å². The zero-order chi connectivity index (χ0) is 26.5. The first-order valence-electron chi connectivity index (χ1n) is 11.8. The highest BCUT2D eigenvalue weighted by molar-refractivity contribution is 6.00. The lowest BCUT2D eigenvalue weighted by atomic mass is 10.0. The van der Waals surface area contributed by atoms with Gasteiger partial charge in [0.25, 0.3) is 5.91 Å². The molecule has 3 heterocycles. The molecule has 3 aliphatic rings. The number of amides is 4. The van der Waals surface area contributed by atoms with Crippen molar-refractivity contribution in [3.63, 3.8) is 0 Å². The number of alkyl halides is 3. The van der Waals surface area contributed by atoms with Crippen LogP contribution >= 0.6 is 0 Å². The molecule has 3 aliphatic heterocycles. The summed E-state index contributed by atoms with van der Waals surface area (Å²) >= 11 is 0. The molecule has 2 unspecified atom stereocenters. The van der Waals surface area contributed by atoms with Crippen LogP contribution in [0.15, 0.2) is 48.7 Å². The Labute approximate surface area is 211 Å². The highest BCUT2D eigenvalue weighted by atomic mass is 19.4. The molecule has 0 radical (unpaired) electrons. The summed E-state index contributed by atoms with van der Waals surface area (Å²) in [5.74, 6) is -0.299. The van der Waals surface area contributed by atoms with Gasteiger partial charge in [0.2, 0.25) is 5.91 Å². The molecule has 11 heteroatoms. The van der Waals surface area contributed by atoms with Crippen molar-refractivity contribution in [1.29, 1.82) is 0 Å². The zero-order valence-corrected chi connectivity index (χ0v) is 20.0. The van der Waals surface area contributed by atoms with Crippen LogP contribution in [0.1, 0.15) is 51.5 Å². The molecule has 0 aliphatic carbocycles. The SMILES string of the molecule is C=C1NC(=O)CCC1N1Cc2cc(NC(=O)N3Cc4ccc(C(F)(F)F)cc4C3COC)ccc2C1=O. The number of ether oxygens (including phenoxy) is 1. The number of nitrogens with zero attached hydrogens (tertiary/aromatic N) is 2. The number of carbonyl (C=O) groups is 3. The number of urea groups is 1. The summed E-state index contributed by atoms with van der Waals surface area (Å²) in [6.07, 6.45) is -3.70. The van der Waals surface area contributed by atoms with Crippen LogP contribution in [0.2, 0.25) is 0 Å². The number of nitrogens with one attached hydrogen (secondary N) is 2. The van der Waals surface area contributed by atoms with Gasteiger partial charge in [0.1, 0.15) is 0 Å². The Balaban J connectivity index is 1.32. The van der Waals surface area contributed by atoms with E-state index in [2.05, 4.69) is 17.2 Å². The van der Waals surface area contributed by atoms with E-state index in [-0.39, 0.29) is 31.0 Å². The number of piperidine rings is 1. The summed E-state index contributed by atoms with van der Waals surface area (Å²) in [7, 11) is 1.43. The predicted molar refractivity (Wildman–Crippen MR) is 127 cm³/mol. The number of rotatable bonds is 4. The minimum absolute atomic E-state index is 0.0389. The minimum atomic E-state index is -4.49. The molecule has 2 aromatic carbocycles. The lowest BCUT2D eigenvalue weighted by molar-refractivity contribution is -0.137. The molecule has 1 fully saturated rings. The fraction of sp³-hybridized carbons (Fsp3) is 0.346. The van der Waals surface area contributed by atoms with Crippen molar-refractivity contribution < 1.29 is 32.3 Å². The third kappa shape index (κ3) is 4.55. The third-order valence-corrected chi connectivity index (χ3v) is 7.05. The largest absolute Gasteiger partial charge is 0.416 e. The van der Waals surface area contributed by atoms with Crippen LogP contribution in [0, 0.1) is 0 Å². The van der Waals surface area contributed by atoms with Crippen molar-refractivity contribution in [2.75, 3.05) is 19.0 Å². The van der Waals surface area contributed by atoms with Crippen LogP contribution in [0.4, 0.5) is 23.7 Å². The van der Waals surface area contributed by atoms with Crippen LogP contribution < -0.4 is 10.6 Å². The van der Waals surface area contributed by atoms with Crippen LogP contribution in [0.5, 0.6) is 0 Å². The Kier molecular flexibility index (Phi) is 6.18. The Morgan fingerprint density at radius 1 is 1.16 bits per heavy atom. The van der Waals surface area contributed by atoms with Gasteiger partial charge in [0.05, 0.1) is 24.3 Å². The number of hydrogen-bond acceptors (Lipinski definition) is 4. The maximum absolute atomic E-state index is 13.3. The van der Waals surface area contributed by atoms with E-state index >= 15 is 0 Å². The summed E-state index contributed by atoms with van der Waals surface area (Å²) in [5, 5.41) is 5.50. The smallest absolute Gasteiger partial charge is 0.382 e.